The van der Waals surface area contributed by atoms with E-state index >= 15 is 0 Å². The molecule has 10 aromatic rings. The first-order valence-corrected chi connectivity index (χ1v) is 17.2. The van der Waals surface area contributed by atoms with Gasteiger partial charge in [0.2, 0.25) is 0 Å². The van der Waals surface area contributed by atoms with Crippen LogP contribution in [0.15, 0.2) is 168 Å². The standard InChI is InChI=1S/C47H27N3O/c1-2-9-28(10-3-1)30-19-22-32(23-20-30)45-48-46(34-24-21-29-11-4-5-12-33(29)27-34)50-47(49-45)39-17-8-18-40-42(39)38-26-25-36-35-15-6-13-31-14-7-16-37(41(31)35)43(36)44(38)51-40/h1-27H. The Morgan fingerprint density at radius 1 is 0.353 bits per heavy atom. The second-order valence-electron chi connectivity index (χ2n) is 13.2. The quantitative estimate of drug-likeness (QED) is 0.190. The van der Waals surface area contributed by atoms with Gasteiger partial charge in [-0.3, -0.25) is 0 Å². The van der Waals surface area contributed by atoms with Crippen molar-refractivity contribution in [2.75, 3.05) is 0 Å². The van der Waals surface area contributed by atoms with Gasteiger partial charge in [-0.25, -0.2) is 15.0 Å². The molecule has 4 nitrogen and oxygen atoms in total. The van der Waals surface area contributed by atoms with E-state index in [-0.39, 0.29) is 0 Å². The molecule has 1 aliphatic rings. The molecule has 0 saturated carbocycles. The molecule has 0 saturated heterocycles. The van der Waals surface area contributed by atoms with Gasteiger partial charge in [-0.05, 0) is 67.6 Å². The summed E-state index contributed by atoms with van der Waals surface area (Å²) in [4.78, 5) is 15.4. The molecule has 11 rings (SSSR count). The largest absolute Gasteiger partial charge is 0.455 e. The van der Waals surface area contributed by atoms with Crippen LogP contribution in [-0.2, 0) is 0 Å². The smallest absolute Gasteiger partial charge is 0.164 e. The van der Waals surface area contributed by atoms with Crippen LogP contribution < -0.4 is 0 Å². The lowest BCUT2D eigenvalue weighted by molar-refractivity contribution is 0.670. The molecule has 0 unspecified atom stereocenters. The summed E-state index contributed by atoms with van der Waals surface area (Å²) in [5, 5.41) is 6.88. The summed E-state index contributed by atoms with van der Waals surface area (Å²) in [7, 11) is 0. The maximum atomic E-state index is 6.78. The number of hydrogen-bond donors (Lipinski definition) is 0. The summed E-state index contributed by atoms with van der Waals surface area (Å²) in [5.74, 6) is 1.85. The Morgan fingerprint density at radius 3 is 1.82 bits per heavy atom. The minimum atomic E-state index is 0.606. The summed E-state index contributed by atoms with van der Waals surface area (Å²) in [6, 6.07) is 57.3. The van der Waals surface area contributed by atoms with Crippen LogP contribution in [0, 0.1) is 0 Å². The SMILES string of the molecule is c1ccc(-c2ccc(-c3nc(-c4ccc5ccccc5c4)nc(-c4cccc5oc6c7c(ccc6c45)-c4cccc5cccc-7c45)n3)cc2)cc1. The van der Waals surface area contributed by atoms with Crippen LogP contribution in [0.2, 0.25) is 0 Å². The maximum Gasteiger partial charge on any atom is 0.164 e. The summed E-state index contributed by atoms with van der Waals surface area (Å²) in [6.45, 7) is 0. The Kier molecular flexibility index (Phi) is 5.92. The molecule has 236 valence electrons. The number of benzene rings is 8. The molecule has 51 heavy (non-hydrogen) atoms. The number of furan rings is 1. The highest BCUT2D eigenvalue weighted by Crippen LogP contribution is 2.52. The molecule has 4 heteroatoms. The summed E-state index contributed by atoms with van der Waals surface area (Å²) in [6.07, 6.45) is 0. The van der Waals surface area contributed by atoms with Crippen molar-refractivity contribution >= 4 is 43.5 Å². The molecular weight excluding hydrogens is 623 g/mol. The van der Waals surface area contributed by atoms with E-state index in [4.69, 9.17) is 19.4 Å². The van der Waals surface area contributed by atoms with E-state index < -0.39 is 0 Å². The summed E-state index contributed by atoms with van der Waals surface area (Å²) in [5.41, 5.74) is 11.6. The predicted octanol–water partition coefficient (Wildman–Crippen LogP) is 12.4. The highest BCUT2D eigenvalue weighted by atomic mass is 16.3. The molecular formula is C47H27N3O. The molecule has 8 aromatic carbocycles. The summed E-state index contributed by atoms with van der Waals surface area (Å²) < 4.78 is 6.78. The lowest BCUT2D eigenvalue weighted by Gasteiger charge is -2.10. The van der Waals surface area contributed by atoms with Gasteiger partial charge in [-0.15, -0.1) is 0 Å². The van der Waals surface area contributed by atoms with Crippen LogP contribution in [0.4, 0.5) is 0 Å². The highest BCUT2D eigenvalue weighted by molar-refractivity contribution is 6.24. The Morgan fingerprint density at radius 2 is 0.980 bits per heavy atom. The molecule has 0 N–H and O–H groups in total. The zero-order chi connectivity index (χ0) is 33.5. The Labute approximate surface area is 293 Å². The van der Waals surface area contributed by atoms with Gasteiger partial charge >= 0.3 is 0 Å². The molecule has 2 aromatic heterocycles. The Balaban J connectivity index is 1.13. The number of aromatic nitrogens is 3. The van der Waals surface area contributed by atoms with Crippen LogP contribution in [0.5, 0.6) is 0 Å². The van der Waals surface area contributed by atoms with Crippen LogP contribution in [-0.4, -0.2) is 15.0 Å². The topological polar surface area (TPSA) is 51.8 Å². The fraction of sp³-hybridized carbons (Fsp3) is 0. The lowest BCUT2D eigenvalue weighted by Crippen LogP contribution is -2.00. The van der Waals surface area contributed by atoms with Crippen molar-refractivity contribution in [1.29, 1.82) is 0 Å². The maximum absolute atomic E-state index is 6.78. The third-order valence-electron chi connectivity index (χ3n) is 10.3. The molecule has 1 aliphatic carbocycles. The van der Waals surface area contributed by atoms with Gasteiger partial charge in [0.25, 0.3) is 0 Å². The lowest BCUT2D eigenvalue weighted by atomic mass is 9.99. The van der Waals surface area contributed by atoms with Gasteiger partial charge < -0.3 is 4.42 Å². The molecule has 0 atom stereocenters. The van der Waals surface area contributed by atoms with Gasteiger partial charge in [0.05, 0.1) is 0 Å². The second kappa shape index (κ2) is 10.8. The van der Waals surface area contributed by atoms with E-state index in [1.165, 1.54) is 38.4 Å². The third kappa shape index (κ3) is 4.30. The first kappa shape index (κ1) is 28.0. The number of hydrogen-bond acceptors (Lipinski definition) is 4. The van der Waals surface area contributed by atoms with Gasteiger partial charge in [0.15, 0.2) is 17.5 Å². The van der Waals surface area contributed by atoms with Gasteiger partial charge in [0, 0.05) is 33.0 Å². The molecule has 0 aliphatic heterocycles. The second-order valence-corrected chi connectivity index (χ2v) is 13.2. The van der Waals surface area contributed by atoms with E-state index in [0.29, 0.717) is 17.5 Å². The molecule has 0 radical (unpaired) electrons. The monoisotopic (exact) mass is 649 g/mol. The normalized spacial score (nSPS) is 11.9. The third-order valence-corrected chi connectivity index (χ3v) is 10.3. The average molecular weight is 650 g/mol. The van der Waals surface area contributed by atoms with Crippen LogP contribution in [0.1, 0.15) is 0 Å². The van der Waals surface area contributed by atoms with Gasteiger partial charge in [-0.1, -0.05) is 146 Å². The van der Waals surface area contributed by atoms with Crippen molar-refractivity contribution in [2.45, 2.75) is 0 Å². The van der Waals surface area contributed by atoms with Crippen molar-refractivity contribution in [3.63, 3.8) is 0 Å². The molecule has 0 bridgehead atoms. The molecule has 0 fully saturated rings. The average Bonchev–Trinajstić information content (AvgIpc) is 3.75. The van der Waals surface area contributed by atoms with Crippen molar-refractivity contribution in [1.82, 2.24) is 15.0 Å². The molecule has 0 spiro atoms. The van der Waals surface area contributed by atoms with Gasteiger partial charge in [0.1, 0.15) is 11.2 Å². The van der Waals surface area contributed by atoms with Crippen molar-refractivity contribution in [3.05, 3.63) is 164 Å². The van der Waals surface area contributed by atoms with Crippen LogP contribution in [0.25, 0.3) is 111 Å². The fourth-order valence-corrected chi connectivity index (χ4v) is 7.87. The number of fused-ring (bicyclic) bond motifs is 8. The van der Waals surface area contributed by atoms with E-state index in [0.717, 1.165) is 55.1 Å². The van der Waals surface area contributed by atoms with Crippen molar-refractivity contribution in [2.24, 2.45) is 0 Å². The minimum Gasteiger partial charge on any atom is -0.455 e. The Hall–Kier alpha value is -6.91. The molecule has 0 amide bonds. The number of nitrogens with zero attached hydrogens (tertiary/aromatic N) is 3. The highest BCUT2D eigenvalue weighted by Gasteiger charge is 2.27. The van der Waals surface area contributed by atoms with Gasteiger partial charge in [-0.2, -0.15) is 0 Å². The zero-order valence-electron chi connectivity index (χ0n) is 27.3. The minimum absolute atomic E-state index is 0.606. The first-order chi connectivity index (χ1) is 25.3. The Bertz CT molecular complexity index is 3010. The predicted molar refractivity (Wildman–Crippen MR) is 208 cm³/mol. The molecule has 2 heterocycles. The van der Waals surface area contributed by atoms with Crippen molar-refractivity contribution in [3.8, 4) is 67.5 Å². The van der Waals surface area contributed by atoms with Crippen LogP contribution >= 0.6 is 0 Å². The van der Waals surface area contributed by atoms with E-state index in [2.05, 4.69) is 146 Å². The van der Waals surface area contributed by atoms with Crippen molar-refractivity contribution < 1.29 is 4.42 Å². The van der Waals surface area contributed by atoms with E-state index in [1.54, 1.807) is 0 Å². The summed E-state index contributed by atoms with van der Waals surface area (Å²) >= 11 is 0. The zero-order valence-corrected chi connectivity index (χ0v) is 27.3. The van der Waals surface area contributed by atoms with E-state index in [1.807, 2.05) is 18.2 Å². The fourth-order valence-electron chi connectivity index (χ4n) is 7.87. The number of rotatable bonds is 4. The van der Waals surface area contributed by atoms with E-state index in [9.17, 15) is 0 Å². The van der Waals surface area contributed by atoms with Crippen LogP contribution in [0.3, 0.4) is 0 Å². The first-order valence-electron chi connectivity index (χ1n) is 17.2.